The zero-order chi connectivity index (χ0) is 21.0. The van der Waals surface area contributed by atoms with Gasteiger partial charge >= 0.3 is 6.09 Å². The second-order valence-corrected chi connectivity index (χ2v) is 12.2. The van der Waals surface area contributed by atoms with E-state index in [4.69, 9.17) is 27.8 Å². The number of aliphatic imine (C=N–C) groups is 1. The molecule has 152 valence electrons. The molecule has 6 nitrogen and oxygen atoms in total. The molecular weight excluding hydrogens is 420 g/mol. The first-order chi connectivity index (χ1) is 12.8. The zero-order valence-electron chi connectivity index (χ0n) is 16.3. The molecule has 0 bridgehead atoms. The molecule has 0 saturated heterocycles. The third-order valence-corrected chi connectivity index (χ3v) is 9.42. The lowest BCUT2D eigenvalue weighted by atomic mass is 9.82. The number of hydrogen-bond acceptors (Lipinski definition) is 6. The van der Waals surface area contributed by atoms with Crippen LogP contribution in [0.2, 0.25) is 5.02 Å². The Labute approximate surface area is 174 Å². The highest BCUT2D eigenvalue weighted by atomic mass is 35.5. The van der Waals surface area contributed by atoms with Crippen molar-refractivity contribution >= 4 is 44.7 Å². The summed E-state index contributed by atoms with van der Waals surface area (Å²) in [5, 5.41) is 3.00. The average molecular weight is 443 g/mol. The standard InChI is InChI=1S/C19H23ClN2O4S2/c1-6-12-10-13(20)14(27-12)18(5)11-28(24,25)19(8-7-9-19)15(22-18)21-16(23)26-17(2,3)4/h1,10H,7-9,11H2,2-5H3,(H,21,22,23). The van der Waals surface area contributed by atoms with Crippen LogP contribution in [0.25, 0.3) is 0 Å². The first-order valence-corrected chi connectivity index (χ1v) is 11.8. The van der Waals surface area contributed by atoms with Crippen LogP contribution in [0.5, 0.6) is 0 Å². The maximum Gasteiger partial charge on any atom is 0.413 e. The largest absolute Gasteiger partial charge is 0.444 e. The lowest BCUT2D eigenvalue weighted by molar-refractivity contribution is 0.0559. The van der Waals surface area contributed by atoms with Gasteiger partial charge in [0.2, 0.25) is 0 Å². The number of nitrogens with zero attached hydrogens (tertiary/aromatic N) is 1. The van der Waals surface area contributed by atoms with Gasteiger partial charge in [0.25, 0.3) is 0 Å². The number of hydrogen-bond donors (Lipinski definition) is 1. The molecule has 2 aliphatic rings. The number of amides is 1. The summed E-state index contributed by atoms with van der Waals surface area (Å²) in [7, 11) is -3.60. The maximum atomic E-state index is 13.3. The summed E-state index contributed by atoms with van der Waals surface area (Å²) in [6, 6.07) is 1.63. The molecular formula is C19H23ClN2O4S2. The minimum Gasteiger partial charge on any atom is -0.444 e. The highest BCUT2D eigenvalue weighted by Gasteiger charge is 2.59. The molecule has 1 aromatic rings. The Morgan fingerprint density at radius 1 is 1.43 bits per heavy atom. The van der Waals surface area contributed by atoms with Gasteiger partial charge < -0.3 is 4.74 Å². The molecule has 1 unspecified atom stereocenters. The summed E-state index contributed by atoms with van der Waals surface area (Å²) in [6.07, 6.45) is 6.34. The van der Waals surface area contributed by atoms with E-state index in [1.165, 1.54) is 11.3 Å². The number of ether oxygens (including phenoxy) is 1. The Morgan fingerprint density at radius 3 is 2.54 bits per heavy atom. The van der Waals surface area contributed by atoms with E-state index in [0.717, 1.165) is 6.42 Å². The smallest absolute Gasteiger partial charge is 0.413 e. The number of nitrogens with one attached hydrogen (secondary N) is 1. The molecule has 1 N–H and O–H groups in total. The van der Waals surface area contributed by atoms with Crippen molar-refractivity contribution in [1.29, 1.82) is 0 Å². The van der Waals surface area contributed by atoms with Crippen molar-refractivity contribution in [2.24, 2.45) is 4.99 Å². The van der Waals surface area contributed by atoms with Crippen molar-refractivity contribution in [2.75, 3.05) is 5.75 Å². The number of halogens is 1. The number of alkyl carbamates (subject to hydrolysis) is 1. The Morgan fingerprint density at radius 2 is 2.07 bits per heavy atom. The van der Waals surface area contributed by atoms with Crippen molar-refractivity contribution in [3.63, 3.8) is 0 Å². The van der Waals surface area contributed by atoms with E-state index >= 15 is 0 Å². The molecule has 1 aromatic heterocycles. The fourth-order valence-corrected chi connectivity index (χ4v) is 7.61. The summed E-state index contributed by atoms with van der Waals surface area (Å²) < 4.78 is 30.7. The third-order valence-electron chi connectivity index (χ3n) is 4.96. The molecule has 1 spiro atoms. The molecule has 1 fully saturated rings. The minimum atomic E-state index is -3.60. The van der Waals surface area contributed by atoms with Gasteiger partial charge in [-0.1, -0.05) is 17.5 Å². The normalized spacial score (nSPS) is 25.4. The number of carbonyl (C=O) groups excluding carboxylic acids is 1. The van der Waals surface area contributed by atoms with E-state index in [1.54, 1.807) is 33.8 Å². The Kier molecular flexibility index (Phi) is 5.10. The molecule has 1 saturated carbocycles. The summed E-state index contributed by atoms with van der Waals surface area (Å²) in [6.45, 7) is 6.91. The molecule has 28 heavy (non-hydrogen) atoms. The van der Waals surface area contributed by atoms with E-state index in [0.29, 0.717) is 27.6 Å². The highest BCUT2D eigenvalue weighted by Crippen LogP contribution is 2.49. The molecule has 1 aliphatic heterocycles. The van der Waals surface area contributed by atoms with Gasteiger partial charge in [-0.05, 0) is 53.0 Å². The molecule has 2 heterocycles. The second kappa shape index (κ2) is 6.75. The van der Waals surface area contributed by atoms with Crippen molar-refractivity contribution in [2.45, 2.75) is 62.8 Å². The predicted octanol–water partition coefficient (Wildman–Crippen LogP) is 3.87. The molecule has 3 rings (SSSR count). The summed E-state index contributed by atoms with van der Waals surface area (Å²) in [5.41, 5.74) is -1.85. The molecule has 0 radical (unpaired) electrons. The Bertz CT molecular complexity index is 994. The fraction of sp³-hybridized carbons (Fsp3) is 0.579. The number of terminal acetylenes is 1. The molecule has 1 aliphatic carbocycles. The monoisotopic (exact) mass is 442 g/mol. The van der Waals surface area contributed by atoms with Crippen LogP contribution in [0.1, 0.15) is 56.7 Å². The highest BCUT2D eigenvalue weighted by molar-refractivity contribution is 7.93. The van der Waals surface area contributed by atoms with Crippen LogP contribution in [0.4, 0.5) is 4.79 Å². The zero-order valence-corrected chi connectivity index (χ0v) is 18.6. The van der Waals surface area contributed by atoms with E-state index < -0.39 is 31.8 Å². The van der Waals surface area contributed by atoms with Gasteiger partial charge in [0, 0.05) is 0 Å². The maximum absolute atomic E-state index is 13.3. The van der Waals surface area contributed by atoms with Gasteiger partial charge in [-0.15, -0.1) is 17.8 Å². The van der Waals surface area contributed by atoms with Crippen molar-refractivity contribution in [1.82, 2.24) is 5.32 Å². The van der Waals surface area contributed by atoms with Gasteiger partial charge in [0.15, 0.2) is 9.84 Å². The number of carbonyl (C=O) groups is 1. The van der Waals surface area contributed by atoms with Crippen LogP contribution < -0.4 is 5.32 Å². The lowest BCUT2D eigenvalue weighted by Crippen LogP contribution is -2.63. The fourth-order valence-electron chi connectivity index (χ4n) is 3.55. The van der Waals surface area contributed by atoms with Crippen LogP contribution in [0.15, 0.2) is 11.1 Å². The van der Waals surface area contributed by atoms with E-state index in [2.05, 4.69) is 11.2 Å². The van der Waals surface area contributed by atoms with Gasteiger partial charge in [0.1, 0.15) is 21.7 Å². The second-order valence-electron chi connectivity index (χ2n) is 8.40. The predicted molar refractivity (Wildman–Crippen MR) is 112 cm³/mol. The third kappa shape index (κ3) is 3.56. The van der Waals surface area contributed by atoms with E-state index in [1.807, 2.05) is 0 Å². The number of sulfone groups is 1. The first kappa shape index (κ1) is 21.2. The van der Waals surface area contributed by atoms with Crippen LogP contribution >= 0.6 is 22.9 Å². The van der Waals surface area contributed by atoms with Crippen LogP contribution in [0.3, 0.4) is 0 Å². The average Bonchev–Trinajstić information content (AvgIpc) is 2.83. The SMILES string of the molecule is C#Cc1cc(Cl)c(C2(C)CS(=O)(=O)C3(CCC3)C(NC(=O)OC(C)(C)C)=N2)s1. The topological polar surface area (TPSA) is 84.8 Å². The first-order valence-electron chi connectivity index (χ1n) is 8.91. The van der Waals surface area contributed by atoms with Gasteiger partial charge in [-0.25, -0.2) is 13.2 Å². The summed E-state index contributed by atoms with van der Waals surface area (Å²) >= 11 is 7.58. The molecule has 1 amide bonds. The quantitative estimate of drug-likeness (QED) is 0.669. The Hall–Kier alpha value is -1.56. The summed E-state index contributed by atoms with van der Waals surface area (Å²) in [4.78, 5) is 18.3. The number of thiophene rings is 1. The van der Waals surface area contributed by atoms with Crippen molar-refractivity contribution in [3.8, 4) is 12.3 Å². The number of amidine groups is 1. The van der Waals surface area contributed by atoms with Gasteiger partial charge in [-0.3, -0.25) is 10.3 Å². The Balaban J connectivity index is 2.08. The van der Waals surface area contributed by atoms with Crippen LogP contribution in [0, 0.1) is 12.3 Å². The van der Waals surface area contributed by atoms with Crippen molar-refractivity contribution < 1.29 is 17.9 Å². The van der Waals surface area contributed by atoms with Gasteiger partial charge in [-0.2, -0.15) is 0 Å². The minimum absolute atomic E-state index is 0.133. The van der Waals surface area contributed by atoms with Gasteiger partial charge in [0.05, 0.1) is 20.5 Å². The van der Waals surface area contributed by atoms with E-state index in [-0.39, 0.29) is 11.6 Å². The van der Waals surface area contributed by atoms with E-state index in [9.17, 15) is 13.2 Å². The lowest BCUT2D eigenvalue weighted by Gasteiger charge is -2.47. The summed E-state index contributed by atoms with van der Waals surface area (Å²) in [5.74, 6) is 2.46. The van der Waals surface area contributed by atoms with Crippen LogP contribution in [-0.2, 0) is 20.1 Å². The molecule has 1 atom stereocenters. The van der Waals surface area contributed by atoms with Crippen molar-refractivity contribution in [3.05, 3.63) is 20.8 Å². The van der Waals surface area contributed by atoms with Crippen LogP contribution in [-0.4, -0.2) is 36.4 Å². The number of rotatable bonds is 1. The molecule has 0 aromatic carbocycles. The molecule has 9 heteroatoms.